The van der Waals surface area contributed by atoms with Gasteiger partial charge in [0.15, 0.2) is 0 Å². The van der Waals surface area contributed by atoms with Crippen molar-refractivity contribution in [2.24, 2.45) is 7.05 Å². The van der Waals surface area contributed by atoms with Crippen molar-refractivity contribution in [2.75, 3.05) is 44.0 Å². The average Bonchev–Trinajstić information content (AvgIpc) is 3.77. The Kier molecular flexibility index (Phi) is 9.99. The lowest BCUT2D eigenvalue weighted by Crippen LogP contribution is -2.35. The number of nitrogens with zero attached hydrogens (tertiary/aromatic N) is 5. The van der Waals surface area contributed by atoms with Gasteiger partial charge in [0.2, 0.25) is 11.6 Å². The number of fused-ring (bicyclic) bond motifs is 1. The number of morpholine rings is 1. The largest absolute Gasteiger partial charge is 0.438 e. The van der Waals surface area contributed by atoms with Crippen molar-refractivity contribution in [3.8, 4) is 34.1 Å². The molecule has 1 aliphatic heterocycles. The molecule has 3 aromatic heterocycles. The van der Waals surface area contributed by atoms with Crippen LogP contribution >= 0.6 is 0 Å². The Morgan fingerprint density at radius 3 is 2.33 bits per heavy atom. The van der Waals surface area contributed by atoms with Crippen LogP contribution in [0.1, 0.15) is 5.56 Å². The molecule has 7 rings (SSSR count). The monoisotopic (exact) mass is 702 g/mol. The van der Waals surface area contributed by atoms with Gasteiger partial charge in [-0.1, -0.05) is 18.2 Å². The van der Waals surface area contributed by atoms with Crippen LogP contribution in [-0.2, 0) is 27.9 Å². The van der Waals surface area contributed by atoms with Gasteiger partial charge in [0.25, 0.3) is 11.8 Å². The molecule has 4 heterocycles. The van der Waals surface area contributed by atoms with Crippen LogP contribution in [0.3, 0.4) is 0 Å². The first-order valence-corrected chi connectivity index (χ1v) is 16.5. The van der Waals surface area contributed by atoms with E-state index in [0.29, 0.717) is 47.2 Å². The third-order valence-corrected chi connectivity index (χ3v) is 8.35. The lowest BCUT2D eigenvalue weighted by molar-refractivity contribution is -0.118. The number of anilines is 2. The number of hydrogen-bond acceptors (Lipinski definition) is 10. The van der Waals surface area contributed by atoms with E-state index in [-0.39, 0.29) is 11.5 Å². The Bertz CT molecular complexity index is 2240. The molecule has 0 atom stereocenters. The van der Waals surface area contributed by atoms with Crippen molar-refractivity contribution in [3.05, 3.63) is 115 Å². The van der Waals surface area contributed by atoms with Crippen molar-refractivity contribution in [1.82, 2.24) is 30.0 Å². The molecule has 2 amide bonds. The molecule has 3 aromatic carbocycles. The fourth-order valence-electron chi connectivity index (χ4n) is 5.87. The minimum atomic E-state index is -0.667. The highest BCUT2D eigenvalue weighted by Crippen LogP contribution is 2.44. The zero-order chi connectivity index (χ0) is 36.0. The van der Waals surface area contributed by atoms with E-state index in [1.807, 2.05) is 25.4 Å². The van der Waals surface area contributed by atoms with Gasteiger partial charge >= 0.3 is 0 Å². The minimum Gasteiger partial charge on any atom is -0.438 e. The number of carbonyl (C=O) groups is 2. The molecule has 1 aliphatic rings. The molecule has 0 unspecified atom stereocenters. The molecular weight excluding hydrogens is 667 g/mol. The molecule has 0 aliphatic carbocycles. The molecular formula is C38H35FN8O5. The molecule has 0 spiro atoms. The van der Waals surface area contributed by atoms with Crippen LogP contribution in [0.4, 0.5) is 15.8 Å². The number of benzene rings is 3. The van der Waals surface area contributed by atoms with Gasteiger partial charge in [-0.15, -0.1) is 0 Å². The number of hydrogen-bond donors (Lipinski definition) is 3. The zero-order valence-electron chi connectivity index (χ0n) is 28.4. The minimum absolute atomic E-state index is 0.179. The van der Waals surface area contributed by atoms with E-state index in [4.69, 9.17) is 13.9 Å². The number of ether oxygens (including phenoxy) is 2. The number of aromatic nitrogens is 4. The third-order valence-electron chi connectivity index (χ3n) is 8.35. The summed E-state index contributed by atoms with van der Waals surface area (Å²) in [4.78, 5) is 37.3. The fraction of sp³-hybridized carbons (Fsp3) is 0.184. The lowest BCUT2D eigenvalue weighted by Gasteiger charge is -2.26. The SMILES string of the molecule is CN/C=C(\C(=O)Nc1ccc(F)cc1)C(=O)Nc1ccc(Oc2ncnc3oc(-c4cnn(C)c4)c(-c4cccc(CN5CCOCC5)c4)c23)cc1. The summed E-state index contributed by atoms with van der Waals surface area (Å²) in [5.41, 5.74) is 4.54. The molecule has 13 nitrogen and oxygen atoms in total. The van der Waals surface area contributed by atoms with E-state index in [0.717, 1.165) is 41.9 Å². The van der Waals surface area contributed by atoms with Crippen molar-refractivity contribution >= 4 is 34.3 Å². The van der Waals surface area contributed by atoms with Gasteiger partial charge in [0.05, 0.1) is 25.0 Å². The summed E-state index contributed by atoms with van der Waals surface area (Å²) in [7, 11) is 3.41. The molecule has 52 heavy (non-hydrogen) atoms. The zero-order valence-corrected chi connectivity index (χ0v) is 28.4. The quantitative estimate of drug-likeness (QED) is 0.0868. The standard InChI is InChI=1S/C38H35FN8O5/c1-40-20-31(35(48)44-28-8-6-27(39)7-9-28)36(49)45-29-10-12-30(13-11-29)51-37-33-32(25-5-3-4-24(18-25)21-47-14-16-50-17-15-47)34(26-19-43-46(2)22-26)52-38(33)42-23-41-37/h3-13,18-20,22-23,40H,14-17,21H2,1-2H3,(H,44,48)(H,45,49)/b31-20+. The van der Waals surface area contributed by atoms with Crippen LogP contribution in [-0.4, -0.2) is 69.8 Å². The molecule has 3 N–H and O–H groups in total. The number of furan rings is 1. The van der Waals surface area contributed by atoms with Crippen LogP contribution in [0.25, 0.3) is 33.6 Å². The second-order valence-corrected chi connectivity index (χ2v) is 12.0. The Balaban J connectivity index is 1.15. The maximum Gasteiger partial charge on any atom is 0.262 e. The molecule has 0 bridgehead atoms. The van der Waals surface area contributed by atoms with Crippen molar-refractivity contribution in [3.63, 3.8) is 0 Å². The Hall–Kier alpha value is -6.38. The number of halogens is 1. The van der Waals surface area contributed by atoms with E-state index in [9.17, 15) is 14.0 Å². The lowest BCUT2D eigenvalue weighted by atomic mass is 9.98. The van der Waals surface area contributed by atoms with E-state index in [2.05, 4.69) is 48.0 Å². The fourth-order valence-corrected chi connectivity index (χ4v) is 5.87. The van der Waals surface area contributed by atoms with Gasteiger partial charge in [-0.25, -0.2) is 14.4 Å². The summed E-state index contributed by atoms with van der Waals surface area (Å²) in [6.45, 7) is 3.95. The summed E-state index contributed by atoms with van der Waals surface area (Å²) in [6, 6.07) is 20.2. The van der Waals surface area contributed by atoms with Crippen LogP contribution < -0.4 is 20.7 Å². The number of rotatable bonds is 11. The second-order valence-electron chi connectivity index (χ2n) is 12.0. The van der Waals surface area contributed by atoms with Gasteiger partial charge < -0.3 is 29.8 Å². The highest BCUT2D eigenvalue weighted by Gasteiger charge is 2.25. The molecule has 0 radical (unpaired) electrons. The molecule has 1 fully saturated rings. The number of nitrogens with one attached hydrogen (secondary N) is 3. The Morgan fingerprint density at radius 1 is 0.942 bits per heavy atom. The maximum atomic E-state index is 13.3. The maximum absolute atomic E-state index is 13.3. The van der Waals surface area contributed by atoms with Crippen LogP contribution in [0.2, 0.25) is 0 Å². The van der Waals surface area contributed by atoms with E-state index < -0.39 is 17.6 Å². The number of amides is 2. The summed E-state index contributed by atoms with van der Waals surface area (Å²) < 4.78 is 33.3. The van der Waals surface area contributed by atoms with Gasteiger partial charge in [0, 0.05) is 63.1 Å². The summed E-state index contributed by atoms with van der Waals surface area (Å²) in [5.74, 6) is -0.451. The first-order valence-electron chi connectivity index (χ1n) is 16.5. The van der Waals surface area contributed by atoms with Gasteiger partial charge in [-0.05, 0) is 65.7 Å². The van der Waals surface area contributed by atoms with E-state index >= 15 is 0 Å². The number of aryl methyl sites for hydroxylation is 1. The van der Waals surface area contributed by atoms with E-state index in [1.54, 1.807) is 42.2 Å². The van der Waals surface area contributed by atoms with Crippen LogP contribution in [0.15, 0.2) is 108 Å². The normalized spacial score (nSPS) is 13.6. The summed E-state index contributed by atoms with van der Waals surface area (Å²) >= 11 is 0. The third kappa shape index (κ3) is 7.67. The molecule has 6 aromatic rings. The Labute approximate surface area is 298 Å². The predicted molar refractivity (Wildman–Crippen MR) is 193 cm³/mol. The second kappa shape index (κ2) is 15.2. The predicted octanol–water partition coefficient (Wildman–Crippen LogP) is 5.73. The summed E-state index contributed by atoms with van der Waals surface area (Å²) in [5, 5.41) is 13.0. The average molecular weight is 703 g/mol. The van der Waals surface area contributed by atoms with Crippen LogP contribution in [0, 0.1) is 5.82 Å². The molecule has 1 saturated heterocycles. The van der Waals surface area contributed by atoms with Crippen molar-refractivity contribution in [2.45, 2.75) is 6.54 Å². The molecule has 0 saturated carbocycles. The van der Waals surface area contributed by atoms with Crippen LogP contribution in [0.5, 0.6) is 11.6 Å². The van der Waals surface area contributed by atoms with E-state index in [1.165, 1.54) is 36.8 Å². The summed E-state index contributed by atoms with van der Waals surface area (Å²) in [6.07, 6.45) is 6.29. The van der Waals surface area contributed by atoms with Gasteiger partial charge in [0.1, 0.15) is 34.6 Å². The number of carbonyl (C=O) groups excluding carboxylic acids is 2. The highest BCUT2D eigenvalue weighted by atomic mass is 19.1. The molecule has 264 valence electrons. The topological polar surface area (TPSA) is 149 Å². The first kappa shape index (κ1) is 34.1. The Morgan fingerprint density at radius 2 is 1.65 bits per heavy atom. The highest BCUT2D eigenvalue weighted by molar-refractivity contribution is 6.26. The van der Waals surface area contributed by atoms with Crippen molar-refractivity contribution < 1.29 is 27.9 Å². The molecule has 14 heteroatoms. The van der Waals surface area contributed by atoms with Gasteiger partial charge in [-0.2, -0.15) is 5.10 Å². The van der Waals surface area contributed by atoms with Crippen molar-refractivity contribution in [1.29, 1.82) is 0 Å². The van der Waals surface area contributed by atoms with Gasteiger partial charge in [-0.3, -0.25) is 19.2 Å². The smallest absolute Gasteiger partial charge is 0.262 e. The first-order chi connectivity index (χ1) is 25.3.